The number of benzene rings is 1. The van der Waals surface area contributed by atoms with Crippen LogP contribution in [0.25, 0.3) is 0 Å². The molecule has 0 aliphatic carbocycles. The van der Waals surface area contributed by atoms with Crippen LogP contribution in [0.3, 0.4) is 0 Å². The van der Waals surface area contributed by atoms with Crippen molar-refractivity contribution in [2.45, 2.75) is 6.92 Å². The molecule has 0 aromatic heterocycles. The summed E-state index contributed by atoms with van der Waals surface area (Å²) in [6.07, 6.45) is 1.53. The number of hydrogen-bond donors (Lipinski definition) is 1. The number of aryl methyl sites for hydroxylation is 1. The van der Waals surface area contributed by atoms with E-state index in [9.17, 15) is 4.79 Å². The van der Waals surface area contributed by atoms with E-state index in [2.05, 4.69) is 15.5 Å². The minimum Gasteiger partial charge on any atom is -0.303 e. The number of hydrogen-bond acceptors (Lipinski definition) is 4. The third-order valence-corrected chi connectivity index (χ3v) is 3.81. The lowest BCUT2D eigenvalue weighted by Gasteiger charge is -2.01. The molecule has 1 aliphatic rings. The smallest absolute Gasteiger partial charge is 0.236 e. The number of amides is 1. The Bertz CT molecular complexity index is 557. The molecule has 0 saturated carbocycles. The molecule has 2 rings (SSSR count). The highest BCUT2D eigenvalue weighted by Crippen LogP contribution is 2.23. The van der Waals surface area contributed by atoms with Gasteiger partial charge in [-0.2, -0.15) is 5.10 Å². The first-order valence-electron chi connectivity index (χ1n) is 5.05. The summed E-state index contributed by atoms with van der Waals surface area (Å²) in [4.78, 5) is 10.9. The maximum absolute atomic E-state index is 10.9. The molecule has 1 heterocycles. The normalized spacial score (nSPS) is 17.7. The van der Waals surface area contributed by atoms with Crippen LogP contribution in [0.2, 0.25) is 10.0 Å². The van der Waals surface area contributed by atoms with Gasteiger partial charge >= 0.3 is 0 Å². The van der Waals surface area contributed by atoms with E-state index in [4.69, 9.17) is 23.2 Å². The number of nitrogens with zero attached hydrogens (tertiary/aromatic N) is 2. The Balaban J connectivity index is 2.14. The fraction of sp³-hybridized carbons (Fsp3) is 0.182. The Morgan fingerprint density at radius 1 is 1.39 bits per heavy atom. The number of carbonyl (C=O) groups is 1. The maximum Gasteiger partial charge on any atom is 0.236 e. The second-order valence-electron chi connectivity index (χ2n) is 3.61. The van der Waals surface area contributed by atoms with Gasteiger partial charge in [0.1, 0.15) is 0 Å². The van der Waals surface area contributed by atoms with Crippen molar-refractivity contribution in [2.24, 2.45) is 10.2 Å². The number of halogens is 2. The van der Waals surface area contributed by atoms with Gasteiger partial charge in [-0.1, -0.05) is 35.0 Å². The Labute approximate surface area is 118 Å². The molecule has 1 N–H and O–H groups in total. The maximum atomic E-state index is 10.9. The van der Waals surface area contributed by atoms with Gasteiger partial charge in [0.15, 0.2) is 5.17 Å². The molecule has 0 bridgehead atoms. The molecule has 1 aromatic carbocycles. The summed E-state index contributed by atoms with van der Waals surface area (Å²) in [7, 11) is 0. The number of rotatable bonds is 2. The summed E-state index contributed by atoms with van der Waals surface area (Å²) in [6.45, 7) is 1.88. The zero-order valence-corrected chi connectivity index (χ0v) is 11.7. The average Bonchev–Trinajstić information content (AvgIpc) is 2.71. The van der Waals surface area contributed by atoms with E-state index in [-0.39, 0.29) is 5.91 Å². The molecule has 1 aliphatic heterocycles. The van der Waals surface area contributed by atoms with Gasteiger partial charge in [-0.3, -0.25) is 4.79 Å². The highest BCUT2D eigenvalue weighted by Gasteiger charge is 2.15. The van der Waals surface area contributed by atoms with E-state index in [1.807, 2.05) is 13.0 Å². The number of thioether (sulfide) groups is 1. The van der Waals surface area contributed by atoms with Gasteiger partial charge < -0.3 is 5.32 Å². The molecule has 0 atom stereocenters. The molecule has 1 aromatic rings. The molecule has 18 heavy (non-hydrogen) atoms. The summed E-state index contributed by atoms with van der Waals surface area (Å²) < 4.78 is 0. The van der Waals surface area contributed by atoms with Gasteiger partial charge in [0.05, 0.1) is 17.0 Å². The van der Waals surface area contributed by atoms with E-state index in [0.29, 0.717) is 21.0 Å². The molecule has 1 saturated heterocycles. The van der Waals surface area contributed by atoms with Crippen LogP contribution in [-0.4, -0.2) is 23.0 Å². The first-order valence-corrected chi connectivity index (χ1v) is 6.80. The lowest BCUT2D eigenvalue weighted by Crippen LogP contribution is -2.19. The fourth-order valence-corrected chi connectivity index (χ4v) is 2.36. The van der Waals surface area contributed by atoms with Gasteiger partial charge in [-0.15, -0.1) is 5.10 Å². The van der Waals surface area contributed by atoms with Crippen LogP contribution in [-0.2, 0) is 4.79 Å². The van der Waals surface area contributed by atoms with Gasteiger partial charge in [-0.25, -0.2) is 0 Å². The van der Waals surface area contributed by atoms with Gasteiger partial charge in [0.2, 0.25) is 5.91 Å². The highest BCUT2D eigenvalue weighted by atomic mass is 35.5. The molecule has 0 spiro atoms. The lowest BCUT2D eigenvalue weighted by atomic mass is 10.1. The van der Waals surface area contributed by atoms with Crippen molar-refractivity contribution >= 4 is 52.3 Å². The van der Waals surface area contributed by atoms with Crippen molar-refractivity contribution in [1.82, 2.24) is 5.32 Å². The molecule has 0 radical (unpaired) electrons. The summed E-state index contributed by atoms with van der Waals surface area (Å²) >= 11 is 13.3. The van der Waals surface area contributed by atoms with Crippen molar-refractivity contribution in [3.8, 4) is 0 Å². The van der Waals surface area contributed by atoms with E-state index in [1.165, 1.54) is 18.0 Å². The Morgan fingerprint density at radius 2 is 2.17 bits per heavy atom. The SMILES string of the molecule is Cc1cc(C=NN=C2NC(=O)CS2)c(Cl)cc1Cl. The van der Waals surface area contributed by atoms with Crippen molar-refractivity contribution < 1.29 is 4.79 Å². The van der Waals surface area contributed by atoms with Crippen molar-refractivity contribution in [3.05, 3.63) is 33.3 Å². The summed E-state index contributed by atoms with van der Waals surface area (Å²) in [5, 5.41) is 12.0. The van der Waals surface area contributed by atoms with Crippen LogP contribution in [0.5, 0.6) is 0 Å². The second kappa shape index (κ2) is 5.73. The molecule has 4 nitrogen and oxygen atoms in total. The van der Waals surface area contributed by atoms with E-state index in [1.54, 1.807) is 6.07 Å². The van der Waals surface area contributed by atoms with Gasteiger partial charge in [-0.05, 0) is 24.6 Å². The first-order chi connectivity index (χ1) is 8.56. The summed E-state index contributed by atoms with van der Waals surface area (Å²) in [5.74, 6) is 0.323. The average molecular weight is 302 g/mol. The molecule has 1 amide bonds. The Morgan fingerprint density at radius 3 is 2.83 bits per heavy atom. The largest absolute Gasteiger partial charge is 0.303 e. The predicted molar refractivity (Wildman–Crippen MR) is 76.8 cm³/mol. The third kappa shape index (κ3) is 3.25. The Kier molecular flexibility index (Phi) is 4.27. The lowest BCUT2D eigenvalue weighted by molar-refractivity contribution is -0.116. The monoisotopic (exact) mass is 301 g/mol. The predicted octanol–water partition coefficient (Wildman–Crippen LogP) is 2.85. The molecule has 1 fully saturated rings. The minimum atomic E-state index is -0.0608. The molecular weight excluding hydrogens is 293 g/mol. The number of nitrogens with one attached hydrogen (secondary N) is 1. The van der Waals surface area contributed by atoms with E-state index >= 15 is 0 Å². The van der Waals surface area contributed by atoms with E-state index < -0.39 is 0 Å². The highest BCUT2D eigenvalue weighted by molar-refractivity contribution is 8.15. The molecular formula is C11H9Cl2N3OS. The quantitative estimate of drug-likeness (QED) is 0.674. The topological polar surface area (TPSA) is 53.8 Å². The molecule has 94 valence electrons. The fourth-order valence-electron chi connectivity index (χ4n) is 1.30. The zero-order valence-electron chi connectivity index (χ0n) is 9.41. The van der Waals surface area contributed by atoms with Crippen molar-refractivity contribution in [2.75, 3.05) is 5.75 Å². The van der Waals surface area contributed by atoms with Gasteiger partial charge in [0, 0.05) is 10.6 Å². The summed E-state index contributed by atoms with van der Waals surface area (Å²) in [6, 6.07) is 3.49. The number of amidine groups is 1. The van der Waals surface area contributed by atoms with Crippen LogP contribution in [0.4, 0.5) is 0 Å². The van der Waals surface area contributed by atoms with Crippen LogP contribution < -0.4 is 5.32 Å². The van der Waals surface area contributed by atoms with Crippen LogP contribution >= 0.6 is 35.0 Å². The van der Waals surface area contributed by atoms with Crippen LogP contribution in [0, 0.1) is 6.92 Å². The van der Waals surface area contributed by atoms with Crippen molar-refractivity contribution in [3.63, 3.8) is 0 Å². The first kappa shape index (κ1) is 13.4. The minimum absolute atomic E-state index is 0.0608. The Hall–Kier alpha value is -1.04. The number of carbonyl (C=O) groups excluding carboxylic acids is 1. The third-order valence-electron chi connectivity index (χ3n) is 2.21. The van der Waals surface area contributed by atoms with E-state index in [0.717, 1.165) is 11.1 Å². The zero-order chi connectivity index (χ0) is 13.1. The van der Waals surface area contributed by atoms with Gasteiger partial charge in [0.25, 0.3) is 0 Å². The standard InChI is InChI=1S/C11H9Cl2N3OS/c1-6-2-7(9(13)3-8(6)12)4-14-16-11-15-10(17)5-18-11/h2-4H,5H2,1H3,(H,15,16,17). The summed E-state index contributed by atoms with van der Waals surface area (Å²) in [5.41, 5.74) is 1.65. The van der Waals surface area contributed by atoms with Crippen LogP contribution in [0.15, 0.2) is 22.3 Å². The molecule has 7 heteroatoms. The molecule has 0 unspecified atom stereocenters. The second-order valence-corrected chi connectivity index (χ2v) is 5.39. The van der Waals surface area contributed by atoms with Crippen LogP contribution in [0.1, 0.15) is 11.1 Å². The van der Waals surface area contributed by atoms with Crippen molar-refractivity contribution in [1.29, 1.82) is 0 Å².